The molecule has 1 fully saturated rings. The number of piperidine rings is 1. The fourth-order valence-electron chi connectivity index (χ4n) is 3.84. The summed E-state index contributed by atoms with van der Waals surface area (Å²) in [5.41, 5.74) is 3.22. The van der Waals surface area contributed by atoms with Gasteiger partial charge in [-0.25, -0.2) is 4.98 Å². The number of carbonyl (C=O) groups is 1. The maximum Gasteiger partial charge on any atom is 0.242 e. The molecule has 3 heterocycles. The van der Waals surface area contributed by atoms with Crippen LogP contribution in [-0.4, -0.2) is 38.3 Å². The third-order valence-corrected chi connectivity index (χ3v) is 5.31. The van der Waals surface area contributed by atoms with Crippen molar-refractivity contribution in [2.45, 2.75) is 38.8 Å². The number of carbonyl (C=O) groups excluding carboxylic acids is 1. The molecule has 0 saturated carbocycles. The van der Waals surface area contributed by atoms with Crippen molar-refractivity contribution in [2.24, 2.45) is 0 Å². The molecule has 2 aromatic heterocycles. The maximum absolute atomic E-state index is 12.6. The Labute approximate surface area is 189 Å². The molecule has 1 amide bonds. The van der Waals surface area contributed by atoms with Crippen molar-refractivity contribution in [3.63, 3.8) is 0 Å². The molecule has 1 aliphatic heterocycles. The van der Waals surface area contributed by atoms with Gasteiger partial charge in [-0.3, -0.25) is 9.48 Å². The SMILES string of the molecule is Cc1nccn1-c1ccccc1CNC(=O)Cn1nccc1C1CCCNC1.Cl.Cl. The van der Waals surface area contributed by atoms with E-state index in [4.69, 9.17) is 0 Å². The molecule has 0 radical (unpaired) electrons. The number of aromatic nitrogens is 4. The summed E-state index contributed by atoms with van der Waals surface area (Å²) >= 11 is 0. The highest BCUT2D eigenvalue weighted by molar-refractivity contribution is 5.85. The van der Waals surface area contributed by atoms with Crippen LogP contribution >= 0.6 is 24.8 Å². The fourth-order valence-corrected chi connectivity index (χ4v) is 3.84. The number of para-hydroxylation sites is 1. The van der Waals surface area contributed by atoms with Crippen LogP contribution in [0.4, 0.5) is 0 Å². The van der Waals surface area contributed by atoms with Gasteiger partial charge < -0.3 is 15.2 Å². The van der Waals surface area contributed by atoms with Gasteiger partial charge in [-0.05, 0) is 44.0 Å². The second kappa shape index (κ2) is 11.2. The topological polar surface area (TPSA) is 76.8 Å². The number of benzene rings is 1. The predicted molar refractivity (Wildman–Crippen MR) is 122 cm³/mol. The van der Waals surface area contributed by atoms with E-state index in [9.17, 15) is 4.79 Å². The highest BCUT2D eigenvalue weighted by atomic mass is 35.5. The van der Waals surface area contributed by atoms with E-state index in [2.05, 4.69) is 20.7 Å². The maximum atomic E-state index is 12.6. The van der Waals surface area contributed by atoms with Crippen molar-refractivity contribution < 1.29 is 4.79 Å². The number of hydrogen-bond donors (Lipinski definition) is 2. The Balaban J connectivity index is 0.00000160. The summed E-state index contributed by atoms with van der Waals surface area (Å²) in [5.74, 6) is 1.31. The molecular formula is C21H28Cl2N6O. The molecule has 1 aromatic carbocycles. The molecule has 4 rings (SSSR count). The van der Waals surface area contributed by atoms with Crippen LogP contribution < -0.4 is 10.6 Å². The van der Waals surface area contributed by atoms with E-state index in [0.29, 0.717) is 12.5 Å². The fraction of sp³-hybridized carbons (Fsp3) is 0.381. The van der Waals surface area contributed by atoms with E-state index in [1.54, 1.807) is 12.4 Å². The number of nitrogens with zero attached hydrogens (tertiary/aromatic N) is 4. The molecule has 2 N–H and O–H groups in total. The number of imidazole rings is 1. The van der Waals surface area contributed by atoms with Crippen LogP contribution in [-0.2, 0) is 17.9 Å². The number of nitrogens with one attached hydrogen (secondary N) is 2. The predicted octanol–water partition coefficient (Wildman–Crippen LogP) is 3.00. The zero-order chi connectivity index (χ0) is 19.3. The zero-order valence-electron chi connectivity index (χ0n) is 17.0. The van der Waals surface area contributed by atoms with Crippen LogP contribution in [0.25, 0.3) is 5.69 Å². The first-order valence-electron chi connectivity index (χ1n) is 9.80. The molecule has 30 heavy (non-hydrogen) atoms. The van der Waals surface area contributed by atoms with Gasteiger partial charge in [-0.2, -0.15) is 5.10 Å². The Morgan fingerprint density at radius 1 is 1.23 bits per heavy atom. The Morgan fingerprint density at radius 2 is 2.07 bits per heavy atom. The lowest BCUT2D eigenvalue weighted by Crippen LogP contribution is -2.32. The molecule has 1 atom stereocenters. The quantitative estimate of drug-likeness (QED) is 0.604. The van der Waals surface area contributed by atoms with Crippen molar-refractivity contribution in [1.29, 1.82) is 0 Å². The first kappa shape index (κ1) is 23.9. The van der Waals surface area contributed by atoms with Crippen molar-refractivity contribution in [3.05, 3.63) is 66.0 Å². The molecule has 0 aliphatic carbocycles. The van der Waals surface area contributed by atoms with Crippen LogP contribution in [0.3, 0.4) is 0 Å². The van der Waals surface area contributed by atoms with Crippen LogP contribution in [0.5, 0.6) is 0 Å². The molecule has 162 valence electrons. The summed E-state index contributed by atoms with van der Waals surface area (Å²) in [5, 5.41) is 10.8. The number of halogens is 2. The van der Waals surface area contributed by atoms with E-state index in [1.165, 1.54) is 0 Å². The largest absolute Gasteiger partial charge is 0.350 e. The molecule has 3 aromatic rings. The minimum atomic E-state index is -0.0362. The summed E-state index contributed by atoms with van der Waals surface area (Å²) in [7, 11) is 0. The lowest BCUT2D eigenvalue weighted by atomic mass is 9.96. The Hall–Kier alpha value is -2.35. The van der Waals surface area contributed by atoms with Gasteiger partial charge in [0.05, 0.1) is 5.69 Å². The summed E-state index contributed by atoms with van der Waals surface area (Å²) in [6, 6.07) is 10.1. The molecule has 9 heteroatoms. The van der Waals surface area contributed by atoms with E-state index in [-0.39, 0.29) is 37.3 Å². The van der Waals surface area contributed by atoms with E-state index in [0.717, 1.165) is 48.7 Å². The normalized spacial score (nSPS) is 15.7. The molecule has 1 aliphatic rings. The zero-order valence-corrected chi connectivity index (χ0v) is 18.6. The highest BCUT2D eigenvalue weighted by Crippen LogP contribution is 2.22. The minimum Gasteiger partial charge on any atom is -0.350 e. The van der Waals surface area contributed by atoms with Gasteiger partial charge in [0.1, 0.15) is 12.4 Å². The molecule has 7 nitrogen and oxygen atoms in total. The molecular weight excluding hydrogens is 423 g/mol. The van der Waals surface area contributed by atoms with Crippen molar-refractivity contribution in [2.75, 3.05) is 13.1 Å². The van der Waals surface area contributed by atoms with Gasteiger partial charge in [0.2, 0.25) is 5.91 Å². The van der Waals surface area contributed by atoms with Gasteiger partial charge in [-0.1, -0.05) is 18.2 Å². The standard InChI is InChI=1S/C21H26N6O.2ClH/c1-16-23-11-12-26(16)19-7-3-2-5-18(19)14-24-21(28)15-27-20(8-10-25-27)17-6-4-9-22-13-17;;/h2-3,5,7-8,10-12,17,22H,4,6,9,13-15H2,1H3,(H,24,28);2*1H. The Kier molecular flexibility index (Phi) is 8.89. The number of amides is 1. The van der Waals surface area contributed by atoms with E-state index in [1.807, 2.05) is 52.7 Å². The van der Waals surface area contributed by atoms with Crippen molar-refractivity contribution >= 4 is 30.7 Å². The second-order valence-electron chi connectivity index (χ2n) is 7.21. The third-order valence-electron chi connectivity index (χ3n) is 5.31. The Bertz CT molecular complexity index is 948. The summed E-state index contributed by atoms with van der Waals surface area (Å²) in [4.78, 5) is 16.9. The van der Waals surface area contributed by atoms with Gasteiger partial charge in [-0.15, -0.1) is 24.8 Å². The minimum absolute atomic E-state index is 0. The molecule has 1 unspecified atom stereocenters. The Morgan fingerprint density at radius 3 is 2.80 bits per heavy atom. The lowest BCUT2D eigenvalue weighted by molar-refractivity contribution is -0.122. The van der Waals surface area contributed by atoms with Gasteiger partial charge in [0, 0.05) is 43.3 Å². The van der Waals surface area contributed by atoms with Crippen molar-refractivity contribution in [1.82, 2.24) is 30.0 Å². The first-order chi connectivity index (χ1) is 13.7. The molecule has 0 bridgehead atoms. The van der Waals surface area contributed by atoms with Crippen LogP contribution in [0.1, 0.15) is 35.8 Å². The van der Waals surface area contributed by atoms with Crippen LogP contribution in [0.15, 0.2) is 48.9 Å². The summed E-state index contributed by atoms with van der Waals surface area (Å²) in [6.45, 7) is 4.69. The van der Waals surface area contributed by atoms with E-state index >= 15 is 0 Å². The monoisotopic (exact) mass is 450 g/mol. The average Bonchev–Trinajstić information content (AvgIpc) is 3.36. The van der Waals surface area contributed by atoms with Crippen LogP contribution in [0.2, 0.25) is 0 Å². The van der Waals surface area contributed by atoms with Gasteiger partial charge in [0.25, 0.3) is 0 Å². The highest BCUT2D eigenvalue weighted by Gasteiger charge is 2.20. The van der Waals surface area contributed by atoms with Crippen LogP contribution in [0, 0.1) is 6.92 Å². The lowest BCUT2D eigenvalue weighted by Gasteiger charge is -2.23. The summed E-state index contributed by atoms with van der Waals surface area (Å²) in [6.07, 6.45) is 7.80. The number of rotatable bonds is 6. The van der Waals surface area contributed by atoms with Gasteiger partial charge in [0.15, 0.2) is 0 Å². The smallest absolute Gasteiger partial charge is 0.242 e. The van der Waals surface area contributed by atoms with Gasteiger partial charge >= 0.3 is 0 Å². The average molecular weight is 451 g/mol. The molecule has 1 saturated heterocycles. The number of aryl methyl sites for hydroxylation is 1. The number of hydrogen-bond acceptors (Lipinski definition) is 4. The first-order valence-corrected chi connectivity index (χ1v) is 9.80. The van der Waals surface area contributed by atoms with E-state index < -0.39 is 0 Å². The second-order valence-corrected chi connectivity index (χ2v) is 7.21. The summed E-state index contributed by atoms with van der Waals surface area (Å²) < 4.78 is 3.86. The van der Waals surface area contributed by atoms with Crippen molar-refractivity contribution in [3.8, 4) is 5.69 Å². The molecule has 0 spiro atoms. The third kappa shape index (κ3) is 5.41.